The van der Waals surface area contributed by atoms with Gasteiger partial charge in [-0.1, -0.05) is 0 Å². The zero-order chi connectivity index (χ0) is 7.68. The molecule has 2 rings (SSSR count). The van der Waals surface area contributed by atoms with Gasteiger partial charge >= 0.3 is 0 Å². The summed E-state index contributed by atoms with van der Waals surface area (Å²) in [5.74, 6) is 5.81. The Bertz CT molecular complexity index is 335. The molecule has 12 heavy (non-hydrogen) atoms. The van der Waals surface area contributed by atoms with E-state index >= 15 is 0 Å². The number of aromatic amines is 1. The molecule has 0 aliphatic rings. The summed E-state index contributed by atoms with van der Waals surface area (Å²) < 4.78 is 0. The van der Waals surface area contributed by atoms with Crippen LogP contribution in [0.2, 0.25) is 0 Å². The van der Waals surface area contributed by atoms with Crippen molar-refractivity contribution in [2.45, 2.75) is 0 Å². The van der Waals surface area contributed by atoms with Gasteiger partial charge in [0.2, 0.25) is 11.6 Å². The fraction of sp³-hybridized carbons (Fsp3) is 0. The summed E-state index contributed by atoms with van der Waals surface area (Å²) in [5, 5.41) is 23.1. The summed E-state index contributed by atoms with van der Waals surface area (Å²) in [6.45, 7) is 0. The van der Waals surface area contributed by atoms with E-state index in [1.165, 1.54) is 0 Å². The number of hydrogen-bond acceptors (Lipinski definition) is 7. The molecule has 57 valence electrons. The molecule has 0 bridgehead atoms. The summed E-state index contributed by atoms with van der Waals surface area (Å²) in [4.78, 5) is 0.963. The van der Waals surface area contributed by atoms with Crippen LogP contribution in [-0.2, 0) is 0 Å². The molecule has 0 atom stereocenters. The Morgan fingerprint density at radius 3 is 2.67 bits per heavy atom. The molecule has 2 aromatic rings. The third kappa shape index (κ3) is 1.66. The average Bonchev–Trinajstić information content (AvgIpc) is 2.55. The first-order valence-electron chi connectivity index (χ1n) is 2.65. The van der Waals surface area contributed by atoms with E-state index in [-0.39, 0.29) is 63.0 Å². The van der Waals surface area contributed by atoms with E-state index in [1.54, 1.807) is 0 Å². The molecular formula is C2H3KN9. The van der Waals surface area contributed by atoms with Crippen molar-refractivity contribution in [3.05, 3.63) is 0 Å². The first-order chi connectivity index (χ1) is 5.38. The van der Waals surface area contributed by atoms with Crippen molar-refractivity contribution >= 4 is 51.4 Å². The largest absolute Gasteiger partial charge is 0.320 e. The molecule has 2 aromatic heterocycles. The molecule has 3 N–H and O–H groups in total. The minimum atomic E-state index is 0. The molecule has 0 aromatic carbocycles. The smallest absolute Gasteiger partial charge is 0.245 e. The Labute approximate surface area is 108 Å². The molecule has 0 spiro atoms. The van der Waals surface area contributed by atoms with Gasteiger partial charge in [0, 0.05) is 51.4 Å². The van der Waals surface area contributed by atoms with Gasteiger partial charge in [-0.2, -0.15) is 5.21 Å². The fourth-order valence-electron chi connectivity index (χ4n) is 0.597. The maximum atomic E-state index is 5.29. The molecule has 2 heterocycles. The van der Waals surface area contributed by atoms with Crippen LogP contribution in [0.3, 0.4) is 0 Å². The minimum Gasteiger partial charge on any atom is -0.320 e. The second-order valence-electron chi connectivity index (χ2n) is 1.68. The Balaban J connectivity index is 0.000000720. The quantitative estimate of drug-likeness (QED) is 0.369. The third-order valence-electron chi connectivity index (χ3n) is 1.04. The van der Waals surface area contributed by atoms with Gasteiger partial charge in [-0.15, -0.1) is 20.1 Å². The molecule has 0 unspecified atom stereocenters. The van der Waals surface area contributed by atoms with Crippen LogP contribution in [-0.4, -0.2) is 92.3 Å². The third-order valence-corrected chi connectivity index (χ3v) is 1.04. The number of nitrogens with two attached hydrogens (primary N) is 1. The average molecular weight is 192 g/mol. The number of rotatable bonds is 1. The number of aromatic nitrogens is 8. The second-order valence-corrected chi connectivity index (χ2v) is 1.68. The number of nitrogens with zero attached hydrogens (tertiary/aromatic N) is 7. The van der Waals surface area contributed by atoms with Gasteiger partial charge in [0.15, 0.2) is 0 Å². The van der Waals surface area contributed by atoms with E-state index in [0.717, 1.165) is 4.79 Å². The van der Waals surface area contributed by atoms with Crippen molar-refractivity contribution in [2.24, 2.45) is 0 Å². The van der Waals surface area contributed by atoms with Crippen molar-refractivity contribution in [1.29, 1.82) is 0 Å². The van der Waals surface area contributed by atoms with E-state index < -0.39 is 0 Å². The van der Waals surface area contributed by atoms with Gasteiger partial charge in [0.1, 0.15) is 0 Å². The first kappa shape index (κ1) is 9.66. The van der Waals surface area contributed by atoms with Gasteiger partial charge in [-0.05, 0) is 15.6 Å². The van der Waals surface area contributed by atoms with E-state index in [1.807, 2.05) is 0 Å². The topological polar surface area (TPSA) is 124 Å². The summed E-state index contributed by atoms with van der Waals surface area (Å²) in [6, 6.07) is 0. The molecule has 0 aliphatic carbocycles. The zero-order valence-corrected chi connectivity index (χ0v) is 9.33. The van der Waals surface area contributed by atoms with Crippen molar-refractivity contribution < 1.29 is 0 Å². The summed E-state index contributed by atoms with van der Waals surface area (Å²) in [6.07, 6.45) is 0. The molecule has 0 saturated heterocycles. The van der Waals surface area contributed by atoms with Crippen LogP contribution in [0.15, 0.2) is 0 Å². The first-order valence-corrected chi connectivity index (χ1v) is 2.65. The SMILES string of the molecule is Nn1nnnc1-c1nn[nH]n1.[K]. The predicted octanol–water partition coefficient (Wildman–Crippen LogP) is -2.81. The number of nitrogens with one attached hydrogen (secondary N) is 1. The van der Waals surface area contributed by atoms with E-state index in [2.05, 4.69) is 36.1 Å². The number of tetrazole rings is 2. The van der Waals surface area contributed by atoms with Crippen molar-refractivity contribution in [3.8, 4) is 11.6 Å². The summed E-state index contributed by atoms with van der Waals surface area (Å²) in [5.41, 5.74) is 0. The van der Waals surface area contributed by atoms with E-state index in [0.29, 0.717) is 0 Å². The van der Waals surface area contributed by atoms with E-state index in [4.69, 9.17) is 5.84 Å². The van der Waals surface area contributed by atoms with Gasteiger partial charge in [0.25, 0.3) is 0 Å². The van der Waals surface area contributed by atoms with Gasteiger partial charge in [-0.3, -0.25) is 0 Å². The van der Waals surface area contributed by atoms with Crippen LogP contribution in [0.1, 0.15) is 0 Å². The summed E-state index contributed by atoms with van der Waals surface area (Å²) in [7, 11) is 0. The van der Waals surface area contributed by atoms with Crippen LogP contribution < -0.4 is 5.84 Å². The predicted molar refractivity (Wildman–Crippen MR) is 36.9 cm³/mol. The van der Waals surface area contributed by atoms with Gasteiger partial charge in [0.05, 0.1) is 0 Å². The molecule has 1 radical (unpaired) electrons. The monoisotopic (exact) mass is 192 g/mol. The maximum absolute atomic E-state index is 5.29. The molecule has 10 heteroatoms. The van der Waals surface area contributed by atoms with Crippen LogP contribution >= 0.6 is 0 Å². The Hall–Kier alpha value is -0.424. The number of nitrogen functional groups attached to an aromatic ring is 1. The van der Waals surface area contributed by atoms with Crippen molar-refractivity contribution in [3.63, 3.8) is 0 Å². The molecular weight excluding hydrogens is 189 g/mol. The van der Waals surface area contributed by atoms with Gasteiger partial charge < -0.3 is 5.84 Å². The molecule has 0 saturated carbocycles. The molecule has 9 nitrogen and oxygen atoms in total. The molecule has 0 fully saturated rings. The second kappa shape index (κ2) is 4.00. The van der Waals surface area contributed by atoms with Crippen LogP contribution in [0, 0.1) is 0 Å². The maximum Gasteiger partial charge on any atom is 0.245 e. The Kier molecular flexibility index (Phi) is 3.22. The van der Waals surface area contributed by atoms with Crippen LogP contribution in [0.5, 0.6) is 0 Å². The standard InChI is InChI=1S/C2H3N9.K/c3-11-2(6-9-10-11)1-4-7-8-5-1;/h3H2,(H,4,5,7,8);. The molecule has 0 aliphatic heterocycles. The zero-order valence-electron chi connectivity index (χ0n) is 6.21. The number of hydrogen-bond donors (Lipinski definition) is 2. The summed E-state index contributed by atoms with van der Waals surface area (Å²) >= 11 is 0. The normalized spacial score (nSPS) is 9.33. The fourth-order valence-corrected chi connectivity index (χ4v) is 0.597. The van der Waals surface area contributed by atoms with Crippen molar-refractivity contribution in [1.82, 2.24) is 40.9 Å². The number of H-pyrrole nitrogens is 1. The Morgan fingerprint density at radius 2 is 2.17 bits per heavy atom. The van der Waals surface area contributed by atoms with Gasteiger partial charge in [-0.25, -0.2) is 0 Å². The van der Waals surface area contributed by atoms with E-state index in [9.17, 15) is 0 Å². The Morgan fingerprint density at radius 1 is 1.33 bits per heavy atom. The van der Waals surface area contributed by atoms with Crippen LogP contribution in [0.25, 0.3) is 11.6 Å². The van der Waals surface area contributed by atoms with Crippen LogP contribution in [0.4, 0.5) is 0 Å². The van der Waals surface area contributed by atoms with Crippen molar-refractivity contribution in [2.75, 3.05) is 5.84 Å². The minimum absolute atomic E-state index is 0. The molecule has 0 amide bonds.